The number of nitrogens with one attached hydrogen (secondary N) is 3. The van der Waals surface area contributed by atoms with E-state index in [2.05, 4.69) is 25.8 Å². The van der Waals surface area contributed by atoms with Crippen LogP contribution in [0.4, 0.5) is 5.69 Å². The minimum absolute atomic E-state index is 0.0276. The van der Waals surface area contributed by atoms with Crippen molar-refractivity contribution in [2.45, 2.75) is 71.0 Å². The number of anilines is 1. The average molecular weight is 506 g/mol. The molecular weight excluding hydrogens is 470 g/mol. The van der Waals surface area contributed by atoms with E-state index in [0.29, 0.717) is 28.8 Å². The summed E-state index contributed by atoms with van der Waals surface area (Å²) in [5, 5.41) is 14.7. The van der Waals surface area contributed by atoms with Crippen molar-refractivity contribution in [2.24, 2.45) is 17.8 Å². The maximum atomic E-state index is 13.7. The molecule has 0 saturated heterocycles. The summed E-state index contributed by atoms with van der Waals surface area (Å²) >= 11 is 0. The van der Waals surface area contributed by atoms with Crippen LogP contribution < -0.4 is 16.2 Å². The molecule has 0 bridgehead atoms. The molecule has 196 valence electrons. The lowest BCUT2D eigenvalue weighted by molar-refractivity contribution is -0.121. The van der Waals surface area contributed by atoms with Gasteiger partial charge < -0.3 is 15.6 Å². The van der Waals surface area contributed by atoms with Crippen LogP contribution in [-0.2, 0) is 11.3 Å². The maximum absolute atomic E-state index is 13.7. The second kappa shape index (κ2) is 10.7. The van der Waals surface area contributed by atoms with Crippen LogP contribution in [0.1, 0.15) is 74.5 Å². The first kappa shape index (κ1) is 25.0. The lowest BCUT2D eigenvalue weighted by Crippen LogP contribution is -2.54. The van der Waals surface area contributed by atoms with Crippen LogP contribution in [-0.4, -0.2) is 42.4 Å². The summed E-state index contributed by atoms with van der Waals surface area (Å²) in [5.74, 6) is 0.450. The lowest BCUT2D eigenvalue weighted by atomic mass is 9.62. The highest BCUT2D eigenvalue weighted by molar-refractivity contribution is 6.00. The molecule has 3 aromatic heterocycles. The van der Waals surface area contributed by atoms with Crippen molar-refractivity contribution < 1.29 is 9.59 Å². The van der Waals surface area contributed by atoms with Gasteiger partial charge >= 0.3 is 0 Å². The van der Waals surface area contributed by atoms with Gasteiger partial charge in [0, 0.05) is 30.2 Å². The van der Waals surface area contributed by atoms with Gasteiger partial charge in [-0.05, 0) is 43.7 Å². The summed E-state index contributed by atoms with van der Waals surface area (Å²) in [4.78, 5) is 41.8. The largest absolute Gasteiger partial charge is 0.339 e. The third-order valence-corrected chi connectivity index (χ3v) is 7.87. The quantitative estimate of drug-likeness (QED) is 0.389. The van der Waals surface area contributed by atoms with Gasteiger partial charge in [-0.2, -0.15) is 10.2 Å². The molecule has 0 aliphatic heterocycles. The number of rotatable bonds is 10. The summed E-state index contributed by atoms with van der Waals surface area (Å²) in [7, 11) is 0. The van der Waals surface area contributed by atoms with Crippen molar-refractivity contribution in [3.05, 3.63) is 64.6 Å². The van der Waals surface area contributed by atoms with E-state index in [0.717, 1.165) is 25.7 Å². The molecule has 2 amide bonds. The van der Waals surface area contributed by atoms with Gasteiger partial charge in [0.05, 0.1) is 18.4 Å². The minimum atomic E-state index is -0.654. The molecule has 3 heterocycles. The molecule has 2 aliphatic carbocycles. The van der Waals surface area contributed by atoms with E-state index in [1.54, 1.807) is 52.4 Å². The molecule has 3 N–H and O–H groups in total. The average Bonchev–Trinajstić information content (AvgIpc) is 3.46. The van der Waals surface area contributed by atoms with Crippen molar-refractivity contribution in [1.29, 1.82) is 0 Å². The zero-order valence-electron chi connectivity index (χ0n) is 21.4. The summed E-state index contributed by atoms with van der Waals surface area (Å²) in [6.45, 7) is 4.24. The molecule has 1 atom stereocenters. The second-order valence-corrected chi connectivity index (χ2v) is 10.6. The SMILES string of the molecule is CC(C)n1nccc1C(=O)N[C@H](C(=O)Nc1cnn(Cc2ccc[nH]c2=O)c1)C(C1CCC1)C1CCC1. The number of hydrogen-bond acceptors (Lipinski definition) is 5. The van der Waals surface area contributed by atoms with E-state index in [1.807, 2.05) is 13.8 Å². The van der Waals surface area contributed by atoms with Crippen LogP contribution in [0, 0.1) is 17.8 Å². The van der Waals surface area contributed by atoms with Gasteiger partial charge in [-0.15, -0.1) is 0 Å². The topological polar surface area (TPSA) is 127 Å². The first-order chi connectivity index (χ1) is 17.9. The van der Waals surface area contributed by atoms with Crippen molar-refractivity contribution in [1.82, 2.24) is 29.9 Å². The summed E-state index contributed by atoms with van der Waals surface area (Å²) in [5.41, 5.74) is 1.39. The highest BCUT2D eigenvalue weighted by Crippen LogP contribution is 2.46. The Bertz CT molecular complexity index is 1280. The number of pyridine rings is 1. The molecule has 10 nitrogen and oxygen atoms in total. The third kappa shape index (κ3) is 5.38. The molecule has 2 saturated carbocycles. The first-order valence-corrected chi connectivity index (χ1v) is 13.2. The van der Waals surface area contributed by atoms with Crippen LogP contribution in [0.3, 0.4) is 0 Å². The normalized spacial score (nSPS) is 16.9. The minimum Gasteiger partial charge on any atom is -0.339 e. The van der Waals surface area contributed by atoms with Gasteiger partial charge in [-0.3, -0.25) is 23.7 Å². The summed E-state index contributed by atoms with van der Waals surface area (Å²) in [6, 6.07) is 4.58. The van der Waals surface area contributed by atoms with Crippen LogP contribution in [0.2, 0.25) is 0 Å². The van der Waals surface area contributed by atoms with Gasteiger partial charge in [0.2, 0.25) is 5.91 Å². The van der Waals surface area contributed by atoms with E-state index in [9.17, 15) is 14.4 Å². The molecule has 2 fully saturated rings. The molecular formula is C27H35N7O3. The third-order valence-electron chi connectivity index (χ3n) is 7.87. The zero-order valence-corrected chi connectivity index (χ0v) is 21.4. The molecule has 3 aromatic rings. The lowest BCUT2D eigenvalue weighted by Gasteiger charge is -2.45. The Hall–Kier alpha value is -3.69. The Balaban J connectivity index is 1.36. The van der Waals surface area contributed by atoms with Crippen molar-refractivity contribution in [3.63, 3.8) is 0 Å². The van der Waals surface area contributed by atoms with E-state index in [4.69, 9.17) is 0 Å². The first-order valence-electron chi connectivity index (χ1n) is 13.2. The number of H-pyrrole nitrogens is 1. The smallest absolute Gasteiger partial charge is 0.270 e. The Kier molecular flexibility index (Phi) is 7.25. The van der Waals surface area contributed by atoms with Gasteiger partial charge in [-0.25, -0.2) is 0 Å². The Morgan fingerprint density at radius 1 is 1.11 bits per heavy atom. The number of carbonyl (C=O) groups excluding carboxylic acids is 2. The fourth-order valence-electron chi connectivity index (χ4n) is 5.53. The molecule has 0 unspecified atom stereocenters. The number of carbonyl (C=O) groups is 2. The number of nitrogens with zero attached hydrogens (tertiary/aromatic N) is 4. The molecule has 10 heteroatoms. The van der Waals surface area contributed by atoms with E-state index in [1.165, 1.54) is 12.8 Å². The molecule has 0 spiro atoms. The number of aromatic amines is 1. The predicted octanol–water partition coefficient (Wildman–Crippen LogP) is 3.35. The second-order valence-electron chi connectivity index (χ2n) is 10.6. The Labute approximate surface area is 215 Å². The van der Waals surface area contributed by atoms with Crippen molar-refractivity contribution in [2.75, 3.05) is 5.32 Å². The van der Waals surface area contributed by atoms with E-state index in [-0.39, 0.29) is 35.9 Å². The van der Waals surface area contributed by atoms with Gasteiger partial charge in [-0.1, -0.05) is 44.6 Å². The number of aromatic nitrogens is 5. The van der Waals surface area contributed by atoms with E-state index >= 15 is 0 Å². The predicted molar refractivity (Wildman–Crippen MR) is 139 cm³/mol. The zero-order chi connectivity index (χ0) is 25.9. The van der Waals surface area contributed by atoms with Crippen LogP contribution in [0.15, 0.2) is 47.8 Å². The summed E-state index contributed by atoms with van der Waals surface area (Å²) < 4.78 is 3.30. The van der Waals surface area contributed by atoms with E-state index < -0.39 is 6.04 Å². The monoisotopic (exact) mass is 505 g/mol. The highest BCUT2D eigenvalue weighted by Gasteiger charge is 2.44. The molecule has 37 heavy (non-hydrogen) atoms. The highest BCUT2D eigenvalue weighted by atomic mass is 16.2. The standard InChI is InChI=1S/C27H35N7O3/c1-17(2)34-22(11-13-29-34)26(36)32-24(23(18-6-3-7-18)19-8-4-9-19)27(37)31-21-14-30-33(16-21)15-20-10-5-12-28-25(20)35/h5,10-14,16-19,23-24H,3-4,6-9,15H2,1-2H3,(H,28,35)(H,31,37)(H,32,36)/t24-/m0/s1. The maximum Gasteiger partial charge on any atom is 0.270 e. The van der Waals surface area contributed by atoms with Gasteiger partial charge in [0.15, 0.2) is 0 Å². The molecule has 0 aromatic carbocycles. The summed E-state index contributed by atoms with van der Waals surface area (Å²) in [6.07, 6.45) is 13.2. The fraction of sp³-hybridized carbons (Fsp3) is 0.519. The van der Waals surface area contributed by atoms with Crippen LogP contribution in [0.5, 0.6) is 0 Å². The van der Waals surface area contributed by atoms with Gasteiger partial charge in [0.25, 0.3) is 11.5 Å². The Morgan fingerprint density at radius 3 is 2.46 bits per heavy atom. The number of amides is 2. The molecule has 5 rings (SSSR count). The van der Waals surface area contributed by atoms with Gasteiger partial charge in [0.1, 0.15) is 11.7 Å². The van der Waals surface area contributed by atoms with Crippen LogP contribution in [0.25, 0.3) is 0 Å². The van der Waals surface area contributed by atoms with Crippen LogP contribution >= 0.6 is 0 Å². The van der Waals surface area contributed by atoms with Crippen molar-refractivity contribution >= 4 is 17.5 Å². The number of hydrogen-bond donors (Lipinski definition) is 3. The molecule has 0 radical (unpaired) electrons. The fourth-order valence-corrected chi connectivity index (χ4v) is 5.53. The Morgan fingerprint density at radius 2 is 1.84 bits per heavy atom. The van der Waals surface area contributed by atoms with Crippen molar-refractivity contribution in [3.8, 4) is 0 Å². The molecule has 2 aliphatic rings.